The fourth-order valence-electron chi connectivity index (χ4n) is 2.47. The number of aryl methyl sites for hydroxylation is 1. The van der Waals surface area contributed by atoms with Gasteiger partial charge in [-0.2, -0.15) is 0 Å². The van der Waals surface area contributed by atoms with E-state index in [1.54, 1.807) is 6.26 Å². The maximum Gasteiger partial charge on any atom is 0.134 e. The van der Waals surface area contributed by atoms with Gasteiger partial charge in [-0.15, -0.1) is 0 Å². The first-order chi connectivity index (χ1) is 10.2. The van der Waals surface area contributed by atoms with Crippen LogP contribution in [0.3, 0.4) is 0 Å². The van der Waals surface area contributed by atoms with Crippen LogP contribution in [0.1, 0.15) is 36.5 Å². The summed E-state index contributed by atoms with van der Waals surface area (Å²) in [7, 11) is 0. The van der Waals surface area contributed by atoms with Crippen molar-refractivity contribution >= 4 is 22.6 Å². The minimum atomic E-state index is -0.0777. The fraction of sp³-hybridized carbons (Fsp3) is 0.294. The fourth-order valence-corrected chi connectivity index (χ4v) is 2.65. The van der Waals surface area contributed by atoms with Gasteiger partial charge >= 0.3 is 0 Å². The summed E-state index contributed by atoms with van der Waals surface area (Å²) < 4.78 is 11.6. The monoisotopic (exact) mass is 303 g/mol. The normalized spacial score (nSPS) is 12.9. The van der Waals surface area contributed by atoms with Crippen molar-refractivity contribution in [1.82, 2.24) is 5.32 Å². The molecule has 0 bridgehead atoms. The highest BCUT2D eigenvalue weighted by atomic mass is 35.5. The summed E-state index contributed by atoms with van der Waals surface area (Å²) in [6.07, 6.45) is 2.76. The Morgan fingerprint density at radius 3 is 2.81 bits per heavy atom. The average molecular weight is 304 g/mol. The van der Waals surface area contributed by atoms with Crippen molar-refractivity contribution in [1.29, 1.82) is 0 Å². The van der Waals surface area contributed by atoms with E-state index >= 15 is 0 Å². The molecule has 0 fully saturated rings. The first-order valence-electron chi connectivity index (χ1n) is 7.15. The molecule has 3 nitrogen and oxygen atoms in total. The molecule has 0 amide bonds. The Morgan fingerprint density at radius 1 is 1.24 bits per heavy atom. The molecular weight excluding hydrogens is 286 g/mol. The van der Waals surface area contributed by atoms with Gasteiger partial charge in [-0.1, -0.05) is 18.5 Å². The molecule has 0 aliphatic carbocycles. The van der Waals surface area contributed by atoms with Crippen LogP contribution in [0.5, 0.6) is 0 Å². The molecule has 0 radical (unpaired) electrons. The third-order valence-corrected chi connectivity index (χ3v) is 3.78. The molecule has 1 aromatic carbocycles. The Bertz CT molecular complexity index is 744. The van der Waals surface area contributed by atoms with E-state index in [9.17, 15) is 0 Å². The second-order valence-corrected chi connectivity index (χ2v) is 5.62. The highest BCUT2D eigenvalue weighted by Crippen LogP contribution is 2.31. The van der Waals surface area contributed by atoms with Crippen molar-refractivity contribution in [3.8, 4) is 0 Å². The molecule has 0 aliphatic rings. The molecule has 21 heavy (non-hydrogen) atoms. The summed E-state index contributed by atoms with van der Waals surface area (Å²) in [5.74, 6) is 1.74. The molecule has 1 unspecified atom stereocenters. The summed E-state index contributed by atoms with van der Waals surface area (Å²) >= 11 is 6.04. The van der Waals surface area contributed by atoms with Gasteiger partial charge in [0.2, 0.25) is 0 Å². The number of halogens is 1. The third kappa shape index (κ3) is 2.85. The maximum atomic E-state index is 6.04. The number of furan rings is 2. The van der Waals surface area contributed by atoms with E-state index < -0.39 is 0 Å². The molecule has 0 aliphatic heterocycles. The second kappa shape index (κ2) is 5.96. The van der Waals surface area contributed by atoms with Crippen molar-refractivity contribution in [3.05, 3.63) is 58.7 Å². The number of benzene rings is 1. The largest absolute Gasteiger partial charge is 0.467 e. The number of hydrogen-bond acceptors (Lipinski definition) is 3. The Labute approximate surface area is 128 Å². The highest BCUT2D eigenvalue weighted by Gasteiger charge is 2.22. The van der Waals surface area contributed by atoms with E-state index in [4.69, 9.17) is 20.4 Å². The summed E-state index contributed by atoms with van der Waals surface area (Å²) in [4.78, 5) is 0. The van der Waals surface area contributed by atoms with Gasteiger partial charge in [0.25, 0.3) is 0 Å². The van der Waals surface area contributed by atoms with Crippen molar-refractivity contribution in [2.45, 2.75) is 26.3 Å². The van der Waals surface area contributed by atoms with Gasteiger partial charge in [0.15, 0.2) is 0 Å². The summed E-state index contributed by atoms with van der Waals surface area (Å²) in [5.41, 5.74) is 1.95. The number of hydrogen-bond donors (Lipinski definition) is 1. The van der Waals surface area contributed by atoms with E-state index in [2.05, 4.69) is 12.2 Å². The molecule has 2 aromatic heterocycles. The van der Waals surface area contributed by atoms with E-state index in [0.29, 0.717) is 5.02 Å². The Kier molecular flexibility index (Phi) is 4.04. The minimum Gasteiger partial charge on any atom is -0.467 e. The van der Waals surface area contributed by atoms with Gasteiger partial charge in [-0.05, 0) is 55.8 Å². The van der Waals surface area contributed by atoms with Crippen molar-refractivity contribution in [2.75, 3.05) is 6.54 Å². The molecule has 0 saturated heterocycles. The van der Waals surface area contributed by atoms with E-state index in [0.717, 1.165) is 41.0 Å². The van der Waals surface area contributed by atoms with Crippen LogP contribution < -0.4 is 5.32 Å². The van der Waals surface area contributed by atoms with Gasteiger partial charge in [0, 0.05) is 10.4 Å². The van der Waals surface area contributed by atoms with Gasteiger partial charge in [-0.25, -0.2) is 0 Å². The second-order valence-electron chi connectivity index (χ2n) is 5.19. The van der Waals surface area contributed by atoms with Crippen LogP contribution in [-0.4, -0.2) is 6.54 Å². The Morgan fingerprint density at radius 2 is 2.10 bits per heavy atom. The smallest absolute Gasteiger partial charge is 0.134 e. The van der Waals surface area contributed by atoms with Crippen LogP contribution in [0.2, 0.25) is 5.02 Å². The quantitative estimate of drug-likeness (QED) is 0.714. The molecule has 2 heterocycles. The first-order valence-corrected chi connectivity index (χ1v) is 7.53. The minimum absolute atomic E-state index is 0.0777. The Balaban J connectivity index is 2.03. The molecule has 0 saturated carbocycles. The summed E-state index contributed by atoms with van der Waals surface area (Å²) in [5, 5.41) is 5.20. The first kappa shape index (κ1) is 14.2. The predicted molar refractivity (Wildman–Crippen MR) is 84.8 cm³/mol. The van der Waals surface area contributed by atoms with Gasteiger partial charge < -0.3 is 14.2 Å². The Hall–Kier alpha value is -1.71. The zero-order valence-electron chi connectivity index (χ0n) is 12.2. The summed E-state index contributed by atoms with van der Waals surface area (Å²) in [6, 6.07) is 9.56. The molecule has 1 atom stereocenters. The topological polar surface area (TPSA) is 38.3 Å². The lowest BCUT2D eigenvalue weighted by molar-refractivity contribution is 0.397. The van der Waals surface area contributed by atoms with Crippen LogP contribution in [0.25, 0.3) is 11.0 Å². The SMILES string of the molecule is CCCNC(c1cc2cc(Cl)ccc2o1)c1occc1C. The van der Waals surface area contributed by atoms with Crippen molar-refractivity contribution in [2.24, 2.45) is 0 Å². The highest BCUT2D eigenvalue weighted by molar-refractivity contribution is 6.31. The van der Waals surface area contributed by atoms with Crippen molar-refractivity contribution < 1.29 is 8.83 Å². The van der Waals surface area contributed by atoms with Gasteiger partial charge in [-0.3, -0.25) is 0 Å². The lowest BCUT2D eigenvalue weighted by Gasteiger charge is -2.14. The van der Waals surface area contributed by atoms with Crippen LogP contribution in [-0.2, 0) is 0 Å². The lowest BCUT2D eigenvalue weighted by Crippen LogP contribution is -2.22. The van der Waals surface area contributed by atoms with E-state index in [1.807, 2.05) is 37.3 Å². The number of rotatable bonds is 5. The number of fused-ring (bicyclic) bond motifs is 1. The number of nitrogens with one attached hydrogen (secondary N) is 1. The molecule has 0 spiro atoms. The maximum absolute atomic E-state index is 6.04. The standard InChI is InChI=1S/C17H18ClNO2/c1-3-7-19-16(17-11(2)6-8-20-17)15-10-12-9-13(18)4-5-14(12)21-15/h4-6,8-10,16,19H,3,7H2,1-2H3. The predicted octanol–water partition coefficient (Wildman–Crippen LogP) is 5.08. The molecule has 3 rings (SSSR count). The molecular formula is C17H18ClNO2. The summed E-state index contributed by atoms with van der Waals surface area (Å²) in [6.45, 7) is 5.07. The van der Waals surface area contributed by atoms with Crippen LogP contribution in [0.4, 0.5) is 0 Å². The third-order valence-electron chi connectivity index (χ3n) is 3.54. The average Bonchev–Trinajstić information content (AvgIpc) is 3.06. The zero-order valence-corrected chi connectivity index (χ0v) is 12.9. The molecule has 110 valence electrons. The van der Waals surface area contributed by atoms with Crippen LogP contribution in [0, 0.1) is 6.92 Å². The van der Waals surface area contributed by atoms with Crippen molar-refractivity contribution in [3.63, 3.8) is 0 Å². The van der Waals surface area contributed by atoms with E-state index in [1.165, 1.54) is 0 Å². The van der Waals surface area contributed by atoms with Gasteiger partial charge in [0.05, 0.1) is 6.26 Å². The van der Waals surface area contributed by atoms with Gasteiger partial charge in [0.1, 0.15) is 23.1 Å². The molecule has 1 N–H and O–H groups in total. The zero-order chi connectivity index (χ0) is 14.8. The molecule has 3 aromatic rings. The lowest BCUT2D eigenvalue weighted by atomic mass is 10.1. The molecule has 4 heteroatoms. The van der Waals surface area contributed by atoms with Crippen LogP contribution in [0.15, 0.2) is 45.4 Å². The van der Waals surface area contributed by atoms with Crippen LogP contribution >= 0.6 is 11.6 Å². The van der Waals surface area contributed by atoms with E-state index in [-0.39, 0.29) is 6.04 Å².